The molecule has 0 spiro atoms. The van der Waals surface area contributed by atoms with E-state index >= 15 is 0 Å². The van der Waals surface area contributed by atoms with E-state index in [0.29, 0.717) is 19.7 Å². The first kappa shape index (κ1) is 13.5. The molecule has 0 unspecified atom stereocenters. The Hall–Kier alpha value is -0.940. The van der Waals surface area contributed by atoms with Gasteiger partial charge in [0.1, 0.15) is 5.82 Å². The van der Waals surface area contributed by atoms with E-state index in [1.54, 1.807) is 18.2 Å². The lowest BCUT2D eigenvalue weighted by Gasteiger charge is -2.05. The normalized spacial score (nSPS) is 10.4. The van der Waals surface area contributed by atoms with Crippen LogP contribution >= 0.6 is 34.2 Å². The number of carbonyl (C=O) groups is 1. The van der Waals surface area contributed by atoms with Gasteiger partial charge in [0, 0.05) is 19.7 Å². The van der Waals surface area contributed by atoms with Crippen LogP contribution in [0.2, 0.25) is 5.02 Å². The van der Waals surface area contributed by atoms with Gasteiger partial charge in [0.15, 0.2) is 5.78 Å². The van der Waals surface area contributed by atoms with E-state index < -0.39 is 0 Å². The maximum Gasteiger partial charge on any atom is 0.194 e. The van der Waals surface area contributed by atoms with E-state index in [0.717, 1.165) is 5.56 Å². The molecule has 0 aliphatic rings. The summed E-state index contributed by atoms with van der Waals surface area (Å²) in [6, 6.07) is 9.27. The minimum atomic E-state index is -0.349. The minimum Gasteiger partial charge on any atom is -0.289 e. The quantitative estimate of drug-likeness (QED) is 0.554. The van der Waals surface area contributed by atoms with Gasteiger partial charge in [0.25, 0.3) is 0 Å². The first-order valence-corrected chi connectivity index (χ1v) is 6.70. The summed E-state index contributed by atoms with van der Waals surface area (Å²) in [6.45, 7) is 1.87. The summed E-state index contributed by atoms with van der Waals surface area (Å²) in [6.07, 6.45) is 0. The Balaban J connectivity index is 2.44. The van der Waals surface area contributed by atoms with Gasteiger partial charge in [-0.25, -0.2) is 4.39 Å². The predicted molar refractivity (Wildman–Crippen MR) is 78.7 cm³/mol. The van der Waals surface area contributed by atoms with Crippen LogP contribution in [0.15, 0.2) is 36.4 Å². The Bertz CT molecular complexity index is 625. The first-order chi connectivity index (χ1) is 8.49. The second-order valence-corrected chi connectivity index (χ2v) is 5.49. The summed E-state index contributed by atoms with van der Waals surface area (Å²) in [5.74, 6) is -0.501. The van der Waals surface area contributed by atoms with Crippen LogP contribution in [0, 0.1) is 16.3 Å². The Morgan fingerprint density at radius 1 is 1.22 bits per heavy atom. The fraction of sp³-hybridized carbons (Fsp3) is 0.0714. The maximum atomic E-state index is 13.0. The zero-order chi connectivity index (χ0) is 13.3. The zero-order valence-corrected chi connectivity index (χ0v) is 12.4. The molecule has 1 nitrogen and oxygen atoms in total. The molecule has 0 aliphatic carbocycles. The first-order valence-electron chi connectivity index (χ1n) is 5.25. The van der Waals surface area contributed by atoms with Crippen molar-refractivity contribution in [2.75, 3.05) is 0 Å². The molecule has 0 N–H and O–H groups in total. The lowest BCUT2D eigenvalue weighted by Crippen LogP contribution is -2.04. The minimum absolute atomic E-state index is 0.152. The molecule has 4 heteroatoms. The zero-order valence-electron chi connectivity index (χ0n) is 9.51. The van der Waals surface area contributed by atoms with Crippen molar-refractivity contribution in [1.82, 2.24) is 0 Å². The van der Waals surface area contributed by atoms with Crippen LogP contribution in [0.1, 0.15) is 21.5 Å². The Kier molecular flexibility index (Phi) is 4.02. The van der Waals surface area contributed by atoms with E-state index in [9.17, 15) is 9.18 Å². The van der Waals surface area contributed by atoms with Gasteiger partial charge in [0.2, 0.25) is 0 Å². The van der Waals surface area contributed by atoms with Crippen LogP contribution in [-0.4, -0.2) is 5.78 Å². The monoisotopic (exact) mass is 374 g/mol. The van der Waals surface area contributed by atoms with Crippen molar-refractivity contribution < 1.29 is 9.18 Å². The molecule has 0 saturated carbocycles. The fourth-order valence-corrected chi connectivity index (χ4v) is 2.47. The van der Waals surface area contributed by atoms with Gasteiger partial charge in [-0.3, -0.25) is 4.79 Å². The topological polar surface area (TPSA) is 17.1 Å². The summed E-state index contributed by atoms with van der Waals surface area (Å²) in [5.41, 5.74) is 1.91. The number of aryl methyl sites for hydroxylation is 1. The van der Waals surface area contributed by atoms with Crippen LogP contribution in [0.3, 0.4) is 0 Å². The molecule has 0 fully saturated rings. The molecule has 0 atom stereocenters. The number of hydrogen-bond donors (Lipinski definition) is 0. The van der Waals surface area contributed by atoms with Crippen LogP contribution in [-0.2, 0) is 0 Å². The van der Waals surface area contributed by atoms with Crippen molar-refractivity contribution in [1.29, 1.82) is 0 Å². The molecule has 0 aliphatic heterocycles. The average Bonchev–Trinajstić information content (AvgIpc) is 2.32. The van der Waals surface area contributed by atoms with Crippen molar-refractivity contribution in [2.45, 2.75) is 6.92 Å². The van der Waals surface area contributed by atoms with Gasteiger partial charge < -0.3 is 0 Å². The number of halogens is 3. The van der Waals surface area contributed by atoms with E-state index in [2.05, 4.69) is 0 Å². The Morgan fingerprint density at radius 3 is 2.56 bits per heavy atom. The number of rotatable bonds is 2. The van der Waals surface area contributed by atoms with Crippen molar-refractivity contribution in [3.8, 4) is 0 Å². The van der Waals surface area contributed by atoms with E-state index in [1.807, 2.05) is 29.5 Å². The highest BCUT2D eigenvalue weighted by molar-refractivity contribution is 14.1. The van der Waals surface area contributed by atoms with Crippen LogP contribution in [0.4, 0.5) is 4.39 Å². The molecule has 0 amide bonds. The highest BCUT2D eigenvalue weighted by Gasteiger charge is 2.13. The third-order valence-corrected chi connectivity index (χ3v) is 3.91. The second kappa shape index (κ2) is 5.36. The van der Waals surface area contributed by atoms with Gasteiger partial charge in [0.05, 0.1) is 0 Å². The Morgan fingerprint density at radius 2 is 1.94 bits per heavy atom. The fourth-order valence-electron chi connectivity index (χ4n) is 1.56. The second-order valence-electron chi connectivity index (χ2n) is 3.92. The standard InChI is InChI=1S/C14H9ClFIO/c1-8-2-3-9(6-12(8)15)14(18)11-5-4-10(16)7-13(11)17/h2-7H,1H3. The van der Waals surface area contributed by atoms with Crippen LogP contribution in [0.5, 0.6) is 0 Å². The lowest BCUT2D eigenvalue weighted by molar-refractivity contribution is 0.103. The molecule has 0 bridgehead atoms. The largest absolute Gasteiger partial charge is 0.289 e. The molecule has 0 saturated heterocycles. The molecular formula is C14H9ClFIO. The number of carbonyl (C=O) groups excluding carboxylic acids is 1. The van der Waals surface area contributed by atoms with E-state index in [-0.39, 0.29) is 11.6 Å². The van der Waals surface area contributed by atoms with Gasteiger partial charge in [-0.05, 0) is 59.3 Å². The molecule has 0 radical (unpaired) electrons. The highest BCUT2D eigenvalue weighted by atomic mass is 127. The van der Waals surface area contributed by atoms with Gasteiger partial charge in [-0.2, -0.15) is 0 Å². The molecule has 0 heterocycles. The molecule has 92 valence electrons. The summed E-state index contributed by atoms with van der Waals surface area (Å²) in [5, 5.41) is 0.554. The molecule has 2 rings (SSSR count). The van der Waals surface area contributed by atoms with E-state index in [4.69, 9.17) is 11.6 Å². The van der Waals surface area contributed by atoms with Crippen molar-refractivity contribution in [3.05, 3.63) is 67.5 Å². The molecular weight excluding hydrogens is 366 g/mol. The predicted octanol–water partition coefficient (Wildman–Crippen LogP) is 4.62. The smallest absolute Gasteiger partial charge is 0.194 e. The van der Waals surface area contributed by atoms with E-state index in [1.165, 1.54) is 18.2 Å². The molecule has 0 aromatic heterocycles. The Labute approximate surface area is 123 Å². The summed E-state index contributed by atoms with van der Waals surface area (Å²) in [4.78, 5) is 12.3. The maximum absolute atomic E-state index is 13.0. The van der Waals surface area contributed by atoms with Crippen LogP contribution in [0.25, 0.3) is 0 Å². The third-order valence-electron chi connectivity index (χ3n) is 2.61. The summed E-state index contributed by atoms with van der Waals surface area (Å²) < 4.78 is 13.6. The highest BCUT2D eigenvalue weighted by Crippen LogP contribution is 2.22. The molecule has 2 aromatic rings. The number of benzene rings is 2. The van der Waals surface area contributed by atoms with Gasteiger partial charge in [-0.1, -0.05) is 23.7 Å². The molecule has 2 aromatic carbocycles. The third kappa shape index (κ3) is 2.72. The van der Waals surface area contributed by atoms with Crippen molar-refractivity contribution in [2.24, 2.45) is 0 Å². The van der Waals surface area contributed by atoms with Gasteiger partial charge in [-0.15, -0.1) is 0 Å². The SMILES string of the molecule is Cc1ccc(C(=O)c2ccc(F)cc2I)cc1Cl. The van der Waals surface area contributed by atoms with Gasteiger partial charge >= 0.3 is 0 Å². The van der Waals surface area contributed by atoms with Crippen LogP contribution < -0.4 is 0 Å². The lowest BCUT2D eigenvalue weighted by atomic mass is 10.0. The number of hydrogen-bond acceptors (Lipinski definition) is 1. The summed E-state index contributed by atoms with van der Waals surface area (Å²) in [7, 11) is 0. The summed E-state index contributed by atoms with van der Waals surface area (Å²) >= 11 is 7.95. The number of ketones is 1. The van der Waals surface area contributed by atoms with Crippen molar-refractivity contribution >= 4 is 40.0 Å². The average molecular weight is 375 g/mol. The molecule has 18 heavy (non-hydrogen) atoms. The van der Waals surface area contributed by atoms with Crippen molar-refractivity contribution in [3.63, 3.8) is 0 Å².